The van der Waals surface area contributed by atoms with Crippen molar-refractivity contribution in [1.29, 1.82) is 0 Å². The third kappa shape index (κ3) is 3.30. The molecule has 2 aromatic carbocycles. The molecule has 0 saturated heterocycles. The van der Waals surface area contributed by atoms with Crippen LogP contribution in [0.3, 0.4) is 0 Å². The lowest BCUT2D eigenvalue weighted by molar-refractivity contribution is -0.384. The normalized spacial score (nSPS) is 32.0. The van der Waals surface area contributed by atoms with Gasteiger partial charge in [0.15, 0.2) is 0 Å². The molecule has 5 nitrogen and oxygen atoms in total. The van der Waals surface area contributed by atoms with Crippen LogP contribution in [0, 0.1) is 34.3 Å². The van der Waals surface area contributed by atoms with Gasteiger partial charge in [-0.2, -0.15) is 0 Å². The van der Waals surface area contributed by atoms with Crippen molar-refractivity contribution < 1.29 is 10.0 Å². The standard InChI is InChI=1S/C25H28N2O3/c1-17-2-4-21(5-3-17)25-12-18-8-19(13-25)11-24(10-18,15-25)16-26-14-20-9-22(27(29)30)6-7-23(20)28/h2-7,9,14,18-19,28H,8,10-13,15-16H2,1H3/t18-,19-,24?,25?/m0/s1. The molecule has 156 valence electrons. The zero-order valence-corrected chi connectivity index (χ0v) is 17.4. The summed E-state index contributed by atoms with van der Waals surface area (Å²) < 4.78 is 0. The van der Waals surface area contributed by atoms with Gasteiger partial charge in [-0.1, -0.05) is 29.8 Å². The molecular formula is C25H28N2O3. The maximum Gasteiger partial charge on any atom is 0.270 e. The second kappa shape index (κ2) is 6.93. The summed E-state index contributed by atoms with van der Waals surface area (Å²) in [5, 5.41) is 21.1. The van der Waals surface area contributed by atoms with E-state index in [2.05, 4.69) is 31.2 Å². The van der Waals surface area contributed by atoms with Crippen molar-refractivity contribution in [3.63, 3.8) is 0 Å². The second-order valence-electron chi connectivity index (χ2n) is 10.1. The number of nitrogens with zero attached hydrogens (tertiary/aromatic N) is 2. The Bertz CT molecular complexity index is 998. The average Bonchev–Trinajstić information content (AvgIpc) is 2.68. The fraction of sp³-hybridized carbons (Fsp3) is 0.480. The number of aromatic hydroxyl groups is 1. The Balaban J connectivity index is 1.40. The molecular weight excluding hydrogens is 376 g/mol. The topological polar surface area (TPSA) is 75.7 Å². The molecule has 2 atom stereocenters. The van der Waals surface area contributed by atoms with Gasteiger partial charge in [0.1, 0.15) is 5.75 Å². The Morgan fingerprint density at radius 3 is 2.50 bits per heavy atom. The summed E-state index contributed by atoms with van der Waals surface area (Å²) in [6.07, 6.45) is 9.21. The van der Waals surface area contributed by atoms with Crippen LogP contribution in [-0.2, 0) is 5.41 Å². The maximum atomic E-state index is 11.0. The third-order valence-corrected chi connectivity index (χ3v) is 7.73. The molecule has 6 rings (SSSR count). The van der Waals surface area contributed by atoms with Crippen LogP contribution in [0.4, 0.5) is 5.69 Å². The molecule has 30 heavy (non-hydrogen) atoms. The lowest BCUT2D eigenvalue weighted by Gasteiger charge is -2.62. The van der Waals surface area contributed by atoms with Crippen molar-refractivity contribution in [2.24, 2.45) is 22.2 Å². The first-order chi connectivity index (χ1) is 14.4. The first-order valence-electron chi connectivity index (χ1n) is 10.9. The number of nitro groups is 1. The summed E-state index contributed by atoms with van der Waals surface area (Å²) in [5.74, 6) is 1.58. The highest BCUT2D eigenvalue weighted by molar-refractivity contribution is 5.84. The number of benzene rings is 2. The van der Waals surface area contributed by atoms with Crippen molar-refractivity contribution in [2.45, 2.75) is 50.9 Å². The van der Waals surface area contributed by atoms with E-state index in [1.807, 2.05) is 0 Å². The van der Waals surface area contributed by atoms with Gasteiger partial charge in [-0.3, -0.25) is 15.1 Å². The number of aliphatic imine (C=N–C) groups is 1. The Kier molecular flexibility index (Phi) is 4.46. The summed E-state index contributed by atoms with van der Waals surface area (Å²) in [6.45, 7) is 2.87. The van der Waals surface area contributed by atoms with Crippen molar-refractivity contribution in [3.05, 3.63) is 69.3 Å². The van der Waals surface area contributed by atoms with Gasteiger partial charge < -0.3 is 5.11 Å². The van der Waals surface area contributed by atoms with E-state index in [-0.39, 0.29) is 22.3 Å². The SMILES string of the molecule is Cc1ccc(C23C[C@H]4C[C@@H](CC(CN=Cc5cc([N+](=O)[O-])ccc5O)(C4)C2)C3)cc1. The summed E-state index contributed by atoms with van der Waals surface area (Å²) >= 11 is 0. The number of nitro benzene ring substituents is 1. The molecule has 4 fully saturated rings. The van der Waals surface area contributed by atoms with Gasteiger partial charge in [-0.15, -0.1) is 0 Å². The van der Waals surface area contributed by atoms with E-state index in [1.54, 1.807) is 6.21 Å². The quantitative estimate of drug-likeness (QED) is 0.402. The zero-order valence-electron chi connectivity index (χ0n) is 17.4. The molecule has 0 spiro atoms. The summed E-state index contributed by atoms with van der Waals surface area (Å²) in [7, 11) is 0. The van der Waals surface area contributed by atoms with E-state index in [4.69, 9.17) is 4.99 Å². The van der Waals surface area contributed by atoms with E-state index in [0.717, 1.165) is 18.4 Å². The van der Waals surface area contributed by atoms with Crippen molar-refractivity contribution in [1.82, 2.24) is 0 Å². The van der Waals surface area contributed by atoms with E-state index >= 15 is 0 Å². The van der Waals surface area contributed by atoms with Crippen molar-refractivity contribution in [2.75, 3.05) is 6.54 Å². The predicted octanol–water partition coefficient (Wildman–Crippen LogP) is 5.57. The first kappa shape index (κ1) is 19.3. The number of aryl methyl sites for hydroxylation is 1. The molecule has 0 heterocycles. The van der Waals surface area contributed by atoms with Gasteiger partial charge in [-0.25, -0.2) is 0 Å². The Hall–Kier alpha value is -2.69. The molecule has 4 aliphatic carbocycles. The van der Waals surface area contributed by atoms with Crippen LogP contribution in [0.2, 0.25) is 0 Å². The second-order valence-corrected chi connectivity index (χ2v) is 10.1. The van der Waals surface area contributed by atoms with Gasteiger partial charge in [0.2, 0.25) is 0 Å². The molecule has 4 saturated carbocycles. The Morgan fingerprint density at radius 1 is 1.13 bits per heavy atom. The van der Waals surface area contributed by atoms with Crippen LogP contribution in [0.1, 0.15) is 55.2 Å². The molecule has 0 aliphatic heterocycles. The van der Waals surface area contributed by atoms with Crippen LogP contribution in [0.25, 0.3) is 0 Å². The highest BCUT2D eigenvalue weighted by Gasteiger charge is 2.57. The van der Waals surface area contributed by atoms with E-state index in [9.17, 15) is 15.2 Å². The fourth-order valence-electron chi connectivity index (χ4n) is 6.98. The zero-order chi connectivity index (χ0) is 20.9. The van der Waals surface area contributed by atoms with E-state index < -0.39 is 4.92 Å². The van der Waals surface area contributed by atoms with Crippen LogP contribution in [0.15, 0.2) is 47.5 Å². The molecule has 0 radical (unpaired) electrons. The molecule has 2 aromatic rings. The maximum absolute atomic E-state index is 11.0. The lowest BCUT2D eigenvalue weighted by atomic mass is 9.43. The predicted molar refractivity (Wildman–Crippen MR) is 117 cm³/mol. The number of phenols is 1. The van der Waals surface area contributed by atoms with Crippen molar-refractivity contribution >= 4 is 11.9 Å². The number of rotatable bonds is 5. The first-order valence-corrected chi connectivity index (χ1v) is 10.9. The van der Waals surface area contributed by atoms with Crippen LogP contribution >= 0.6 is 0 Å². The molecule has 4 aliphatic rings. The third-order valence-electron chi connectivity index (χ3n) is 7.73. The Morgan fingerprint density at radius 2 is 1.83 bits per heavy atom. The monoisotopic (exact) mass is 404 g/mol. The minimum absolute atomic E-state index is 0.0256. The van der Waals surface area contributed by atoms with Gasteiger partial charge in [-0.05, 0) is 79.7 Å². The molecule has 4 bridgehead atoms. The van der Waals surface area contributed by atoms with Gasteiger partial charge in [0.25, 0.3) is 5.69 Å². The Labute approximate surface area is 177 Å². The number of non-ortho nitro benzene ring substituents is 1. The lowest BCUT2D eigenvalue weighted by Crippen LogP contribution is -2.55. The molecule has 5 heteroatoms. The van der Waals surface area contributed by atoms with Gasteiger partial charge >= 0.3 is 0 Å². The van der Waals surface area contributed by atoms with Crippen molar-refractivity contribution in [3.8, 4) is 5.75 Å². The molecule has 1 N–H and O–H groups in total. The number of hydrogen-bond donors (Lipinski definition) is 1. The minimum Gasteiger partial charge on any atom is -0.507 e. The van der Waals surface area contributed by atoms with E-state index in [1.165, 1.54) is 67.9 Å². The highest BCUT2D eigenvalue weighted by Crippen LogP contribution is 2.65. The largest absolute Gasteiger partial charge is 0.507 e. The number of phenolic OH excluding ortho intramolecular Hbond substituents is 1. The van der Waals surface area contributed by atoms with E-state index in [0.29, 0.717) is 5.56 Å². The molecule has 0 aromatic heterocycles. The van der Waals surface area contributed by atoms with Gasteiger partial charge in [0.05, 0.1) is 4.92 Å². The summed E-state index contributed by atoms with van der Waals surface area (Å²) in [4.78, 5) is 15.3. The van der Waals surface area contributed by atoms with Crippen LogP contribution < -0.4 is 0 Å². The van der Waals surface area contributed by atoms with Crippen LogP contribution in [0.5, 0.6) is 5.75 Å². The fourth-order valence-corrected chi connectivity index (χ4v) is 6.98. The summed E-state index contributed by atoms with van der Waals surface area (Å²) in [6, 6.07) is 13.2. The van der Waals surface area contributed by atoms with Crippen LogP contribution in [-0.4, -0.2) is 22.8 Å². The molecule has 0 unspecified atom stereocenters. The highest BCUT2D eigenvalue weighted by atomic mass is 16.6. The smallest absolute Gasteiger partial charge is 0.270 e. The minimum atomic E-state index is -0.443. The summed E-state index contributed by atoms with van der Waals surface area (Å²) in [5.41, 5.74) is 3.68. The van der Waals surface area contributed by atoms with Gasteiger partial charge in [0, 0.05) is 30.5 Å². The molecule has 0 amide bonds. The average molecular weight is 405 g/mol. The number of hydrogen-bond acceptors (Lipinski definition) is 4.